The summed E-state index contributed by atoms with van der Waals surface area (Å²) < 4.78 is 5.12. The molecule has 17 heavy (non-hydrogen) atoms. The molecule has 1 aromatic rings. The maximum absolute atomic E-state index is 10.6. The smallest absolute Gasteiger partial charge is 0.338 e. The monoisotopic (exact) mass is 257 g/mol. The van der Waals surface area contributed by atoms with Crippen LogP contribution >= 0.6 is 11.8 Å². The van der Waals surface area contributed by atoms with Crippen LogP contribution in [0.4, 0.5) is 0 Å². The van der Waals surface area contributed by atoms with Crippen molar-refractivity contribution in [3.05, 3.63) is 23.7 Å². The predicted molar refractivity (Wildman–Crippen MR) is 69.6 cm³/mol. The first-order valence-corrected chi connectivity index (χ1v) is 7.14. The number of thioether (sulfide) groups is 1. The second-order valence-electron chi connectivity index (χ2n) is 3.84. The molecule has 0 amide bonds. The fourth-order valence-electron chi connectivity index (χ4n) is 1.47. The Kier molecular flexibility index (Phi) is 6.81. The van der Waals surface area contributed by atoms with Crippen LogP contribution in [0.3, 0.4) is 0 Å². The number of aromatic carboxylic acids is 1. The van der Waals surface area contributed by atoms with Crippen LogP contribution in [0.25, 0.3) is 0 Å². The van der Waals surface area contributed by atoms with Crippen LogP contribution in [-0.2, 0) is 6.54 Å². The maximum atomic E-state index is 10.6. The van der Waals surface area contributed by atoms with Crippen LogP contribution in [-0.4, -0.2) is 29.6 Å². The Hall–Kier alpha value is -0.940. The van der Waals surface area contributed by atoms with Crippen LogP contribution in [0.5, 0.6) is 0 Å². The van der Waals surface area contributed by atoms with E-state index in [-0.39, 0.29) is 5.56 Å². The number of carboxylic acids is 1. The molecule has 96 valence electrons. The van der Waals surface area contributed by atoms with E-state index in [0.717, 1.165) is 13.0 Å². The van der Waals surface area contributed by atoms with Gasteiger partial charge < -0.3 is 14.8 Å². The highest BCUT2D eigenvalue weighted by atomic mass is 32.2. The van der Waals surface area contributed by atoms with E-state index in [4.69, 9.17) is 9.52 Å². The van der Waals surface area contributed by atoms with Crippen molar-refractivity contribution in [3.63, 3.8) is 0 Å². The topological polar surface area (TPSA) is 62.5 Å². The molecule has 0 aliphatic heterocycles. The molecular formula is C12H19NO3S. The van der Waals surface area contributed by atoms with Gasteiger partial charge in [0, 0.05) is 0 Å². The molecule has 0 fully saturated rings. The molecule has 1 heterocycles. The Bertz CT molecular complexity index is 338. The third kappa shape index (κ3) is 5.79. The van der Waals surface area contributed by atoms with E-state index in [2.05, 4.69) is 11.6 Å². The van der Waals surface area contributed by atoms with Gasteiger partial charge in [0.05, 0.1) is 12.1 Å². The van der Waals surface area contributed by atoms with Gasteiger partial charge in [0.2, 0.25) is 0 Å². The summed E-state index contributed by atoms with van der Waals surface area (Å²) in [4.78, 5) is 10.6. The Morgan fingerprint density at radius 1 is 1.47 bits per heavy atom. The molecule has 0 spiro atoms. The average Bonchev–Trinajstić information content (AvgIpc) is 2.77. The highest BCUT2D eigenvalue weighted by Crippen LogP contribution is 2.07. The Morgan fingerprint density at radius 3 is 2.94 bits per heavy atom. The van der Waals surface area contributed by atoms with Gasteiger partial charge in [0.15, 0.2) is 0 Å². The van der Waals surface area contributed by atoms with Gasteiger partial charge in [-0.05, 0) is 37.5 Å². The quantitative estimate of drug-likeness (QED) is 0.666. The molecule has 5 heteroatoms. The fraction of sp³-hybridized carbons (Fsp3) is 0.583. The van der Waals surface area contributed by atoms with E-state index in [1.807, 2.05) is 11.8 Å². The third-order valence-electron chi connectivity index (χ3n) is 2.40. The summed E-state index contributed by atoms with van der Waals surface area (Å²) in [6.45, 7) is 1.54. The van der Waals surface area contributed by atoms with Crippen molar-refractivity contribution in [2.75, 3.05) is 18.6 Å². The summed E-state index contributed by atoms with van der Waals surface area (Å²) in [7, 11) is 0. The lowest BCUT2D eigenvalue weighted by Crippen LogP contribution is -2.14. The van der Waals surface area contributed by atoms with Crippen molar-refractivity contribution in [2.45, 2.75) is 25.8 Å². The number of rotatable bonds is 9. The second-order valence-corrected chi connectivity index (χ2v) is 4.82. The van der Waals surface area contributed by atoms with E-state index < -0.39 is 5.97 Å². The third-order valence-corrected chi connectivity index (χ3v) is 3.10. The highest BCUT2D eigenvalue weighted by Gasteiger charge is 2.07. The van der Waals surface area contributed by atoms with Crippen molar-refractivity contribution in [3.8, 4) is 0 Å². The van der Waals surface area contributed by atoms with Crippen molar-refractivity contribution in [1.29, 1.82) is 0 Å². The van der Waals surface area contributed by atoms with E-state index in [1.54, 1.807) is 6.07 Å². The molecule has 0 aromatic carbocycles. The first-order chi connectivity index (χ1) is 8.24. The fourth-order valence-corrected chi connectivity index (χ4v) is 1.96. The van der Waals surface area contributed by atoms with Crippen LogP contribution in [0.1, 0.15) is 35.4 Å². The zero-order valence-electron chi connectivity index (χ0n) is 10.1. The van der Waals surface area contributed by atoms with Crippen molar-refractivity contribution < 1.29 is 14.3 Å². The summed E-state index contributed by atoms with van der Waals surface area (Å²) in [6.07, 6.45) is 7.03. The van der Waals surface area contributed by atoms with E-state index in [9.17, 15) is 4.79 Å². The van der Waals surface area contributed by atoms with Gasteiger partial charge in [-0.25, -0.2) is 4.79 Å². The van der Waals surface area contributed by atoms with Crippen molar-refractivity contribution in [1.82, 2.24) is 5.32 Å². The minimum Gasteiger partial charge on any atom is -0.478 e. The van der Waals surface area contributed by atoms with E-state index in [1.165, 1.54) is 24.9 Å². The summed E-state index contributed by atoms with van der Waals surface area (Å²) >= 11 is 1.88. The minimum atomic E-state index is -0.947. The van der Waals surface area contributed by atoms with Gasteiger partial charge in [0.25, 0.3) is 0 Å². The zero-order chi connectivity index (χ0) is 12.5. The molecule has 4 nitrogen and oxygen atoms in total. The summed E-state index contributed by atoms with van der Waals surface area (Å²) in [5, 5.41) is 11.9. The molecular weight excluding hydrogens is 238 g/mol. The average molecular weight is 257 g/mol. The molecule has 1 rings (SSSR count). The summed E-state index contributed by atoms with van der Waals surface area (Å²) in [6, 6.07) is 1.56. The number of unbranched alkanes of at least 4 members (excludes halogenated alkanes) is 2. The molecule has 0 radical (unpaired) electrons. The molecule has 0 bridgehead atoms. The van der Waals surface area contributed by atoms with Crippen LogP contribution in [0.2, 0.25) is 0 Å². The molecule has 2 N–H and O–H groups in total. The number of hydrogen-bond donors (Lipinski definition) is 2. The highest BCUT2D eigenvalue weighted by molar-refractivity contribution is 7.98. The standard InChI is InChI=1S/C12H19NO3S/c1-17-6-4-2-3-5-13-8-11-7-10(9-16-11)12(14)15/h7,9,13H,2-6,8H2,1H3,(H,14,15). The van der Waals surface area contributed by atoms with Crippen molar-refractivity contribution in [2.24, 2.45) is 0 Å². The lowest BCUT2D eigenvalue weighted by atomic mass is 10.2. The molecule has 0 atom stereocenters. The SMILES string of the molecule is CSCCCCCNCc1cc(C(=O)O)co1. The Labute approximate surface area is 106 Å². The summed E-state index contributed by atoms with van der Waals surface area (Å²) in [5.41, 5.74) is 0.210. The molecule has 0 saturated heterocycles. The van der Waals surface area contributed by atoms with Gasteiger partial charge in [0.1, 0.15) is 12.0 Å². The summed E-state index contributed by atoms with van der Waals surface area (Å²) in [5.74, 6) is 0.948. The van der Waals surface area contributed by atoms with Gasteiger partial charge in [-0.15, -0.1) is 0 Å². The molecule has 0 aliphatic rings. The molecule has 0 unspecified atom stereocenters. The van der Waals surface area contributed by atoms with Crippen LogP contribution in [0, 0.1) is 0 Å². The van der Waals surface area contributed by atoms with Gasteiger partial charge in [-0.3, -0.25) is 0 Å². The van der Waals surface area contributed by atoms with Gasteiger partial charge in [-0.2, -0.15) is 11.8 Å². The molecule has 0 aliphatic carbocycles. The first-order valence-electron chi connectivity index (χ1n) is 5.74. The lowest BCUT2D eigenvalue weighted by Gasteiger charge is -2.02. The van der Waals surface area contributed by atoms with Gasteiger partial charge >= 0.3 is 5.97 Å². The van der Waals surface area contributed by atoms with E-state index in [0.29, 0.717) is 12.3 Å². The largest absolute Gasteiger partial charge is 0.478 e. The van der Waals surface area contributed by atoms with Gasteiger partial charge in [-0.1, -0.05) is 6.42 Å². The number of hydrogen-bond acceptors (Lipinski definition) is 4. The van der Waals surface area contributed by atoms with Crippen molar-refractivity contribution >= 4 is 17.7 Å². The normalized spacial score (nSPS) is 10.6. The number of carboxylic acid groups (broad SMARTS) is 1. The number of furan rings is 1. The Balaban J connectivity index is 2.07. The molecule has 1 aromatic heterocycles. The number of nitrogens with one attached hydrogen (secondary N) is 1. The lowest BCUT2D eigenvalue weighted by molar-refractivity contribution is 0.0696. The predicted octanol–water partition coefficient (Wildman–Crippen LogP) is 2.60. The zero-order valence-corrected chi connectivity index (χ0v) is 10.9. The van der Waals surface area contributed by atoms with E-state index >= 15 is 0 Å². The first kappa shape index (κ1) is 14.1. The second kappa shape index (κ2) is 8.20. The Morgan fingerprint density at radius 2 is 2.29 bits per heavy atom. The maximum Gasteiger partial charge on any atom is 0.338 e. The minimum absolute atomic E-state index is 0.210. The van der Waals surface area contributed by atoms with Crippen LogP contribution in [0.15, 0.2) is 16.7 Å². The molecule has 0 saturated carbocycles. The number of carbonyl (C=O) groups is 1. The van der Waals surface area contributed by atoms with Crippen LogP contribution < -0.4 is 5.32 Å².